The van der Waals surface area contributed by atoms with E-state index in [4.69, 9.17) is 0 Å². The Morgan fingerprint density at radius 1 is 1.03 bits per heavy atom. The van der Waals surface area contributed by atoms with E-state index in [9.17, 15) is 9.90 Å². The van der Waals surface area contributed by atoms with Crippen molar-refractivity contribution in [1.29, 1.82) is 0 Å². The zero-order chi connectivity index (χ0) is 20.8. The van der Waals surface area contributed by atoms with Crippen LogP contribution < -0.4 is 0 Å². The third kappa shape index (κ3) is 3.77. The van der Waals surface area contributed by atoms with E-state index in [1.54, 1.807) is 0 Å². The molecule has 3 nitrogen and oxygen atoms in total. The number of benzene rings is 2. The van der Waals surface area contributed by atoms with Crippen LogP contribution in [0.4, 0.5) is 0 Å². The molecule has 1 aliphatic carbocycles. The highest BCUT2D eigenvalue weighted by Gasteiger charge is 2.44. The minimum Gasteiger partial charge on any atom is -0.389 e. The molecule has 4 rings (SSSR count). The molecule has 1 atom stereocenters. The van der Waals surface area contributed by atoms with Crippen molar-refractivity contribution in [2.24, 2.45) is 5.41 Å². The van der Waals surface area contributed by atoms with Gasteiger partial charge < -0.3 is 10.0 Å². The van der Waals surface area contributed by atoms with E-state index in [-0.39, 0.29) is 17.2 Å². The van der Waals surface area contributed by atoms with Gasteiger partial charge in [0.25, 0.3) is 0 Å². The summed E-state index contributed by atoms with van der Waals surface area (Å²) in [5, 5.41) is 11.1. The average Bonchev–Trinajstić information content (AvgIpc) is 2.83. The predicted octanol–water partition coefficient (Wildman–Crippen LogP) is 5.08. The molecule has 1 saturated heterocycles. The molecule has 1 unspecified atom stereocenters. The van der Waals surface area contributed by atoms with Crippen molar-refractivity contribution >= 4 is 21.8 Å². The Morgan fingerprint density at radius 2 is 1.66 bits per heavy atom. The van der Waals surface area contributed by atoms with Gasteiger partial charge in [0, 0.05) is 17.6 Å². The van der Waals surface area contributed by atoms with Crippen molar-refractivity contribution in [2.75, 3.05) is 13.1 Å². The Bertz CT molecular complexity index is 923. The number of nitrogens with zero attached hydrogens (tertiary/aromatic N) is 1. The molecule has 0 radical (unpaired) electrons. The Morgan fingerprint density at radius 3 is 2.31 bits per heavy atom. The second-order valence-corrected chi connectivity index (χ2v) is 10.5. The number of carbonyl (C=O) groups is 1. The minimum absolute atomic E-state index is 0.162. The summed E-state index contributed by atoms with van der Waals surface area (Å²) in [6.07, 6.45) is 3.16. The Balaban J connectivity index is 1.69. The van der Waals surface area contributed by atoms with Crippen LogP contribution in [0.25, 0.3) is 0 Å². The van der Waals surface area contributed by atoms with Crippen LogP contribution in [0.5, 0.6) is 0 Å². The standard InChI is InChI=1S/C25H30BrNO2/c1-24(2,3)25(29)12-14-27(15-13-25)23(28)22-20-7-5-4-6-17(20)8-9-18-10-11-19(26)16-21(18)22/h4-7,10-11,16,22,29H,8-9,12-15H2,1-3H3. The topological polar surface area (TPSA) is 40.5 Å². The fourth-order valence-corrected chi connectivity index (χ4v) is 5.22. The minimum atomic E-state index is -0.716. The van der Waals surface area contributed by atoms with Crippen LogP contribution >= 0.6 is 15.9 Å². The highest BCUT2D eigenvalue weighted by atomic mass is 79.9. The van der Waals surface area contributed by atoms with Gasteiger partial charge in [0.2, 0.25) is 5.91 Å². The smallest absolute Gasteiger partial charge is 0.234 e. The second kappa shape index (κ2) is 7.55. The molecular weight excluding hydrogens is 426 g/mol. The highest BCUT2D eigenvalue weighted by Crippen LogP contribution is 2.41. The molecule has 0 saturated carbocycles. The van der Waals surface area contributed by atoms with Crippen LogP contribution in [-0.4, -0.2) is 34.6 Å². The van der Waals surface area contributed by atoms with E-state index in [0.29, 0.717) is 25.9 Å². The van der Waals surface area contributed by atoms with Crippen molar-refractivity contribution in [2.45, 2.75) is 58.0 Å². The molecule has 1 fully saturated rings. The predicted molar refractivity (Wildman–Crippen MR) is 120 cm³/mol. The molecule has 154 valence electrons. The molecule has 2 aliphatic rings. The summed E-state index contributed by atoms with van der Waals surface area (Å²) >= 11 is 3.61. The Hall–Kier alpha value is -1.65. The molecule has 2 aromatic carbocycles. The SMILES string of the molecule is CC(C)(C)C1(O)CCN(C(=O)C2c3ccccc3CCc3ccc(Br)cc32)CC1. The lowest BCUT2D eigenvalue weighted by Gasteiger charge is -2.46. The third-order valence-corrected chi connectivity index (χ3v) is 7.49. The lowest BCUT2D eigenvalue weighted by atomic mass is 9.71. The summed E-state index contributed by atoms with van der Waals surface area (Å²) in [4.78, 5) is 15.8. The summed E-state index contributed by atoms with van der Waals surface area (Å²) in [7, 11) is 0. The van der Waals surface area contributed by atoms with Gasteiger partial charge in [-0.3, -0.25) is 4.79 Å². The van der Waals surface area contributed by atoms with Gasteiger partial charge in [-0.15, -0.1) is 0 Å². The van der Waals surface area contributed by atoms with Crippen LogP contribution in [-0.2, 0) is 17.6 Å². The first kappa shape index (κ1) is 20.6. The number of aliphatic hydroxyl groups is 1. The molecule has 0 spiro atoms. The fourth-order valence-electron chi connectivity index (χ4n) is 4.84. The van der Waals surface area contributed by atoms with E-state index in [2.05, 4.69) is 73.1 Å². The van der Waals surface area contributed by atoms with Crippen molar-refractivity contribution in [3.05, 3.63) is 69.2 Å². The summed E-state index contributed by atoms with van der Waals surface area (Å²) in [6, 6.07) is 14.7. The molecule has 2 aromatic rings. The van der Waals surface area contributed by atoms with Gasteiger partial charge in [0.15, 0.2) is 0 Å². The van der Waals surface area contributed by atoms with Gasteiger partial charge in [0.1, 0.15) is 0 Å². The van der Waals surface area contributed by atoms with E-state index in [1.165, 1.54) is 11.1 Å². The quantitative estimate of drug-likeness (QED) is 0.650. The van der Waals surface area contributed by atoms with E-state index >= 15 is 0 Å². The number of rotatable bonds is 1. The molecule has 1 aliphatic heterocycles. The van der Waals surface area contributed by atoms with Crippen LogP contribution in [0.3, 0.4) is 0 Å². The van der Waals surface area contributed by atoms with Crippen molar-refractivity contribution in [1.82, 2.24) is 4.90 Å². The van der Waals surface area contributed by atoms with Gasteiger partial charge in [-0.2, -0.15) is 0 Å². The average molecular weight is 456 g/mol. The van der Waals surface area contributed by atoms with Gasteiger partial charge in [0.05, 0.1) is 11.5 Å². The van der Waals surface area contributed by atoms with Crippen molar-refractivity contribution in [3.63, 3.8) is 0 Å². The molecule has 0 aromatic heterocycles. The molecule has 0 bridgehead atoms. The van der Waals surface area contributed by atoms with Gasteiger partial charge in [-0.1, -0.05) is 67.0 Å². The van der Waals surface area contributed by atoms with Gasteiger partial charge in [-0.05, 0) is 65.5 Å². The maximum atomic E-state index is 13.8. The molecule has 1 heterocycles. The van der Waals surface area contributed by atoms with E-state index in [0.717, 1.165) is 28.4 Å². The first-order chi connectivity index (χ1) is 13.7. The van der Waals surface area contributed by atoms with Gasteiger partial charge >= 0.3 is 0 Å². The number of amides is 1. The summed E-state index contributed by atoms with van der Waals surface area (Å²) < 4.78 is 1.01. The van der Waals surface area contributed by atoms with Gasteiger partial charge in [-0.25, -0.2) is 0 Å². The molecular formula is C25H30BrNO2. The normalized spacial score (nSPS) is 21.1. The summed E-state index contributed by atoms with van der Waals surface area (Å²) in [6.45, 7) is 7.46. The highest BCUT2D eigenvalue weighted by molar-refractivity contribution is 9.10. The maximum absolute atomic E-state index is 13.8. The Labute approximate surface area is 182 Å². The monoisotopic (exact) mass is 455 g/mol. The lowest BCUT2D eigenvalue weighted by Crippen LogP contribution is -2.53. The molecule has 29 heavy (non-hydrogen) atoms. The van der Waals surface area contributed by atoms with E-state index in [1.807, 2.05) is 11.0 Å². The van der Waals surface area contributed by atoms with E-state index < -0.39 is 5.60 Å². The molecule has 4 heteroatoms. The number of carbonyl (C=O) groups excluding carboxylic acids is 1. The second-order valence-electron chi connectivity index (χ2n) is 9.58. The molecule has 1 amide bonds. The first-order valence-corrected chi connectivity index (χ1v) is 11.4. The maximum Gasteiger partial charge on any atom is 0.234 e. The van der Waals surface area contributed by atoms with Crippen molar-refractivity contribution in [3.8, 4) is 0 Å². The van der Waals surface area contributed by atoms with Crippen LogP contribution in [0.1, 0.15) is 61.8 Å². The number of piperidine rings is 1. The van der Waals surface area contributed by atoms with Crippen molar-refractivity contribution < 1.29 is 9.90 Å². The lowest BCUT2D eigenvalue weighted by molar-refractivity contribution is -0.142. The largest absolute Gasteiger partial charge is 0.389 e. The fraction of sp³-hybridized carbons (Fsp3) is 0.480. The number of fused-ring (bicyclic) bond motifs is 2. The number of halogens is 1. The Kier molecular flexibility index (Phi) is 5.37. The molecule has 1 N–H and O–H groups in total. The third-order valence-electron chi connectivity index (χ3n) is 6.99. The zero-order valence-electron chi connectivity index (χ0n) is 17.5. The zero-order valence-corrected chi connectivity index (χ0v) is 19.1. The number of aryl methyl sites for hydroxylation is 2. The van der Waals surface area contributed by atoms with Crippen LogP contribution in [0.2, 0.25) is 0 Å². The number of likely N-dealkylation sites (tertiary alicyclic amines) is 1. The number of hydrogen-bond acceptors (Lipinski definition) is 2. The summed E-state index contributed by atoms with van der Waals surface area (Å²) in [5.41, 5.74) is 3.87. The number of hydrogen-bond donors (Lipinski definition) is 1. The summed E-state index contributed by atoms with van der Waals surface area (Å²) in [5.74, 6) is -0.114. The van der Waals surface area contributed by atoms with Crippen LogP contribution in [0.15, 0.2) is 46.9 Å². The first-order valence-electron chi connectivity index (χ1n) is 10.6. The van der Waals surface area contributed by atoms with Crippen LogP contribution in [0, 0.1) is 5.41 Å².